The summed E-state index contributed by atoms with van der Waals surface area (Å²) in [4.78, 5) is 13.5. The minimum Gasteiger partial charge on any atom is -0.489 e. The summed E-state index contributed by atoms with van der Waals surface area (Å²) >= 11 is 0. The van der Waals surface area contributed by atoms with Gasteiger partial charge in [-0.25, -0.2) is 4.39 Å². The van der Waals surface area contributed by atoms with Gasteiger partial charge in [0.05, 0.1) is 6.54 Å². The molecule has 1 aromatic rings. The molecule has 0 aliphatic heterocycles. The molecule has 0 unspecified atom stereocenters. The molecule has 20 heavy (non-hydrogen) atoms. The number of ether oxygens (including phenoxy) is 1. The van der Waals surface area contributed by atoms with E-state index in [4.69, 9.17) is 4.74 Å². The van der Waals surface area contributed by atoms with E-state index in [9.17, 15) is 9.18 Å². The molecule has 0 radical (unpaired) electrons. The molecule has 0 atom stereocenters. The Hall–Kier alpha value is -1.62. The molecule has 0 bridgehead atoms. The van der Waals surface area contributed by atoms with Gasteiger partial charge in [0.2, 0.25) is 5.91 Å². The van der Waals surface area contributed by atoms with Crippen LogP contribution in [0.2, 0.25) is 0 Å². The number of carbonyl (C=O) groups excluding carboxylic acids is 1. The SMILES string of the molecule is CN(CCOc1ccccc1F)CC(=O)NC(C)(C)C. The van der Waals surface area contributed by atoms with Gasteiger partial charge in [-0.15, -0.1) is 0 Å². The number of rotatable bonds is 6. The quantitative estimate of drug-likeness (QED) is 0.868. The molecule has 1 amide bonds. The van der Waals surface area contributed by atoms with E-state index in [1.165, 1.54) is 6.07 Å². The van der Waals surface area contributed by atoms with Gasteiger partial charge in [0.1, 0.15) is 6.61 Å². The second kappa shape index (κ2) is 7.24. The zero-order valence-electron chi connectivity index (χ0n) is 12.6. The molecule has 1 N–H and O–H groups in total. The normalized spacial score (nSPS) is 11.5. The molecule has 0 aromatic heterocycles. The smallest absolute Gasteiger partial charge is 0.234 e. The van der Waals surface area contributed by atoms with E-state index in [2.05, 4.69) is 5.32 Å². The molecular formula is C15H23FN2O2. The molecular weight excluding hydrogens is 259 g/mol. The highest BCUT2D eigenvalue weighted by Gasteiger charge is 2.15. The van der Waals surface area contributed by atoms with Gasteiger partial charge in [0.25, 0.3) is 0 Å². The minimum atomic E-state index is -0.374. The Morgan fingerprint density at radius 3 is 2.60 bits per heavy atom. The molecule has 1 aromatic carbocycles. The third-order valence-corrected chi connectivity index (χ3v) is 2.50. The largest absolute Gasteiger partial charge is 0.489 e. The molecule has 0 saturated heterocycles. The lowest BCUT2D eigenvalue weighted by atomic mass is 10.1. The van der Waals surface area contributed by atoms with Gasteiger partial charge in [0, 0.05) is 12.1 Å². The number of nitrogens with zero attached hydrogens (tertiary/aromatic N) is 1. The van der Waals surface area contributed by atoms with Crippen molar-refractivity contribution in [3.63, 3.8) is 0 Å². The summed E-state index contributed by atoms with van der Waals surface area (Å²) in [7, 11) is 1.83. The molecule has 4 nitrogen and oxygen atoms in total. The summed E-state index contributed by atoms with van der Waals surface area (Å²) in [5.74, 6) is -0.174. The molecule has 5 heteroatoms. The van der Waals surface area contributed by atoms with E-state index in [1.807, 2.05) is 32.7 Å². The average molecular weight is 282 g/mol. The van der Waals surface area contributed by atoms with Crippen molar-refractivity contribution in [3.05, 3.63) is 30.1 Å². The average Bonchev–Trinajstić information content (AvgIpc) is 2.28. The fourth-order valence-corrected chi connectivity index (χ4v) is 1.66. The van der Waals surface area contributed by atoms with Gasteiger partial charge >= 0.3 is 0 Å². The maximum atomic E-state index is 13.3. The molecule has 1 rings (SSSR count). The lowest BCUT2D eigenvalue weighted by molar-refractivity contribution is -0.123. The Morgan fingerprint density at radius 1 is 1.35 bits per heavy atom. The number of hydrogen-bond donors (Lipinski definition) is 1. The lowest BCUT2D eigenvalue weighted by Gasteiger charge is -2.23. The Morgan fingerprint density at radius 2 is 2.00 bits per heavy atom. The standard InChI is InChI=1S/C15H23FN2O2/c1-15(2,3)17-14(19)11-18(4)9-10-20-13-8-6-5-7-12(13)16/h5-8H,9-11H2,1-4H3,(H,17,19). The fraction of sp³-hybridized carbons (Fsp3) is 0.533. The van der Waals surface area contributed by atoms with E-state index in [0.29, 0.717) is 13.2 Å². The number of para-hydroxylation sites is 1. The van der Waals surface area contributed by atoms with Crippen molar-refractivity contribution >= 4 is 5.91 Å². The number of likely N-dealkylation sites (N-methyl/N-ethyl adjacent to an activating group) is 1. The van der Waals surface area contributed by atoms with E-state index in [1.54, 1.807) is 18.2 Å². The summed E-state index contributed by atoms with van der Waals surface area (Å²) in [6.45, 7) is 6.98. The van der Waals surface area contributed by atoms with Crippen molar-refractivity contribution in [1.29, 1.82) is 0 Å². The van der Waals surface area contributed by atoms with E-state index >= 15 is 0 Å². The summed E-state index contributed by atoms with van der Waals surface area (Å²) in [6, 6.07) is 6.28. The summed E-state index contributed by atoms with van der Waals surface area (Å²) in [5.41, 5.74) is -0.235. The maximum Gasteiger partial charge on any atom is 0.234 e. The highest BCUT2D eigenvalue weighted by molar-refractivity contribution is 5.78. The van der Waals surface area contributed by atoms with E-state index in [-0.39, 0.29) is 29.6 Å². The van der Waals surface area contributed by atoms with E-state index in [0.717, 1.165) is 0 Å². The first-order chi connectivity index (χ1) is 9.28. The van der Waals surface area contributed by atoms with Gasteiger partial charge in [-0.05, 0) is 40.0 Å². The summed E-state index contributed by atoms with van der Waals surface area (Å²) in [6.07, 6.45) is 0. The highest BCUT2D eigenvalue weighted by Crippen LogP contribution is 2.14. The number of hydrogen-bond acceptors (Lipinski definition) is 3. The van der Waals surface area contributed by atoms with Crippen molar-refractivity contribution < 1.29 is 13.9 Å². The third kappa shape index (κ3) is 6.52. The fourth-order valence-electron chi connectivity index (χ4n) is 1.66. The van der Waals surface area contributed by atoms with Gasteiger partial charge < -0.3 is 10.1 Å². The van der Waals surface area contributed by atoms with Crippen molar-refractivity contribution in [2.45, 2.75) is 26.3 Å². The van der Waals surface area contributed by atoms with Crippen LogP contribution in [-0.4, -0.2) is 43.1 Å². The van der Waals surface area contributed by atoms with Crippen LogP contribution in [0.15, 0.2) is 24.3 Å². The van der Waals surface area contributed by atoms with Crippen LogP contribution >= 0.6 is 0 Å². The Bertz CT molecular complexity index is 444. The minimum absolute atomic E-state index is 0.0362. The van der Waals surface area contributed by atoms with Crippen LogP contribution in [0, 0.1) is 5.82 Å². The molecule has 0 fully saturated rings. The van der Waals surface area contributed by atoms with Gasteiger partial charge in [-0.2, -0.15) is 0 Å². The van der Waals surface area contributed by atoms with Crippen molar-refractivity contribution in [2.75, 3.05) is 26.7 Å². The predicted molar refractivity (Wildman–Crippen MR) is 77.3 cm³/mol. The zero-order valence-corrected chi connectivity index (χ0v) is 12.6. The molecule has 112 valence electrons. The third-order valence-electron chi connectivity index (χ3n) is 2.50. The Kier molecular flexibility index (Phi) is 5.95. The maximum absolute atomic E-state index is 13.3. The lowest BCUT2D eigenvalue weighted by Crippen LogP contribution is -2.45. The van der Waals surface area contributed by atoms with Crippen LogP contribution in [0.5, 0.6) is 5.75 Å². The van der Waals surface area contributed by atoms with Crippen LogP contribution in [0.4, 0.5) is 4.39 Å². The van der Waals surface area contributed by atoms with Crippen molar-refractivity contribution in [2.24, 2.45) is 0 Å². The molecule has 0 heterocycles. The molecule has 0 saturated carbocycles. The van der Waals surface area contributed by atoms with Crippen molar-refractivity contribution in [3.8, 4) is 5.75 Å². The first-order valence-electron chi connectivity index (χ1n) is 6.65. The Labute approximate surface area is 119 Å². The van der Waals surface area contributed by atoms with Crippen LogP contribution in [-0.2, 0) is 4.79 Å². The zero-order chi connectivity index (χ0) is 15.2. The van der Waals surface area contributed by atoms with Crippen LogP contribution < -0.4 is 10.1 Å². The van der Waals surface area contributed by atoms with Crippen LogP contribution in [0.3, 0.4) is 0 Å². The monoisotopic (exact) mass is 282 g/mol. The highest BCUT2D eigenvalue weighted by atomic mass is 19.1. The number of halogens is 1. The summed E-state index contributed by atoms with van der Waals surface area (Å²) < 4.78 is 18.6. The van der Waals surface area contributed by atoms with Crippen LogP contribution in [0.25, 0.3) is 0 Å². The number of amides is 1. The predicted octanol–water partition coefficient (Wildman–Crippen LogP) is 2.05. The Balaban J connectivity index is 2.28. The summed E-state index contributed by atoms with van der Waals surface area (Å²) in [5, 5.41) is 2.89. The second-order valence-corrected chi connectivity index (χ2v) is 5.81. The number of nitrogens with one attached hydrogen (secondary N) is 1. The molecule has 0 aliphatic rings. The second-order valence-electron chi connectivity index (χ2n) is 5.81. The van der Waals surface area contributed by atoms with Crippen molar-refractivity contribution in [1.82, 2.24) is 10.2 Å². The van der Waals surface area contributed by atoms with Gasteiger partial charge in [-0.3, -0.25) is 9.69 Å². The van der Waals surface area contributed by atoms with Gasteiger partial charge in [-0.1, -0.05) is 12.1 Å². The topological polar surface area (TPSA) is 41.6 Å². The van der Waals surface area contributed by atoms with E-state index < -0.39 is 0 Å². The number of carbonyl (C=O) groups is 1. The van der Waals surface area contributed by atoms with Crippen LogP contribution in [0.1, 0.15) is 20.8 Å². The van der Waals surface area contributed by atoms with Gasteiger partial charge in [0.15, 0.2) is 11.6 Å². The first-order valence-corrected chi connectivity index (χ1v) is 6.65. The molecule has 0 spiro atoms. The first kappa shape index (κ1) is 16.4. The number of benzene rings is 1. The molecule has 0 aliphatic carbocycles.